The third-order valence-electron chi connectivity index (χ3n) is 3.68. The van der Waals surface area contributed by atoms with Crippen molar-refractivity contribution in [3.8, 4) is 0 Å². The molecule has 2 amide bonds. The predicted molar refractivity (Wildman–Crippen MR) is 79.7 cm³/mol. The van der Waals surface area contributed by atoms with Crippen molar-refractivity contribution in [1.29, 1.82) is 0 Å². The Morgan fingerprint density at radius 3 is 2.75 bits per heavy atom. The minimum atomic E-state index is -0.193. The number of urea groups is 1. The van der Waals surface area contributed by atoms with Gasteiger partial charge in [-0.25, -0.2) is 4.79 Å². The molecule has 1 aromatic rings. The molecule has 4 N–H and O–H groups in total. The number of benzene rings is 1. The van der Waals surface area contributed by atoms with E-state index in [1.54, 1.807) is 0 Å². The van der Waals surface area contributed by atoms with Crippen LogP contribution in [-0.2, 0) is 4.74 Å². The Morgan fingerprint density at radius 1 is 1.40 bits per heavy atom. The first-order chi connectivity index (χ1) is 9.48. The summed E-state index contributed by atoms with van der Waals surface area (Å²) in [6, 6.07) is 7.37. The molecule has 1 aromatic carbocycles. The quantitative estimate of drug-likeness (QED) is 0.794. The van der Waals surface area contributed by atoms with Crippen molar-refractivity contribution in [2.45, 2.75) is 38.3 Å². The van der Waals surface area contributed by atoms with E-state index in [9.17, 15) is 4.79 Å². The molecule has 110 valence electrons. The van der Waals surface area contributed by atoms with Crippen LogP contribution < -0.4 is 16.4 Å². The summed E-state index contributed by atoms with van der Waals surface area (Å²) < 4.78 is 5.32. The van der Waals surface area contributed by atoms with Crippen molar-refractivity contribution in [1.82, 2.24) is 5.32 Å². The summed E-state index contributed by atoms with van der Waals surface area (Å²) in [5, 5.41) is 5.89. The first-order valence-corrected chi connectivity index (χ1v) is 7.01. The van der Waals surface area contributed by atoms with Crippen LogP contribution in [0.25, 0.3) is 0 Å². The number of anilines is 1. The number of hydrogen-bond donors (Lipinski definition) is 3. The highest BCUT2D eigenvalue weighted by Crippen LogP contribution is 2.20. The van der Waals surface area contributed by atoms with Crippen LogP contribution in [-0.4, -0.2) is 24.8 Å². The molecule has 1 heterocycles. The molecule has 1 atom stereocenters. The largest absolute Gasteiger partial charge is 0.381 e. The standard InChI is InChI=1S/C15H23N3O2/c1-11(16)12-4-3-5-13(10-12)17-14(19)18-15(2)6-8-20-9-7-15/h3-5,10-11H,6-9,16H2,1-2H3,(H2,17,18,19). The molecule has 0 bridgehead atoms. The maximum atomic E-state index is 12.1. The van der Waals surface area contributed by atoms with Crippen molar-refractivity contribution in [3.63, 3.8) is 0 Å². The predicted octanol–water partition coefficient (Wildman–Crippen LogP) is 2.40. The Labute approximate surface area is 119 Å². The molecule has 1 saturated heterocycles. The molecule has 0 saturated carbocycles. The van der Waals surface area contributed by atoms with Gasteiger partial charge in [-0.2, -0.15) is 0 Å². The number of nitrogens with one attached hydrogen (secondary N) is 2. The SMILES string of the molecule is CC(N)c1cccc(NC(=O)NC2(C)CCOCC2)c1. The first-order valence-electron chi connectivity index (χ1n) is 7.01. The minimum absolute atomic E-state index is 0.0483. The molecule has 1 unspecified atom stereocenters. The number of amides is 2. The van der Waals surface area contributed by atoms with Gasteiger partial charge in [0.05, 0.1) is 0 Å². The topological polar surface area (TPSA) is 76.4 Å². The van der Waals surface area contributed by atoms with Crippen LogP contribution in [0.15, 0.2) is 24.3 Å². The maximum Gasteiger partial charge on any atom is 0.319 e. The monoisotopic (exact) mass is 277 g/mol. The van der Waals surface area contributed by atoms with E-state index < -0.39 is 0 Å². The van der Waals surface area contributed by atoms with Gasteiger partial charge in [0, 0.05) is 30.5 Å². The molecule has 5 nitrogen and oxygen atoms in total. The Hall–Kier alpha value is -1.59. The van der Waals surface area contributed by atoms with Crippen LogP contribution in [0.1, 0.15) is 38.3 Å². The molecule has 1 aliphatic heterocycles. The lowest BCUT2D eigenvalue weighted by atomic mass is 9.93. The Kier molecular flexibility index (Phi) is 4.62. The van der Waals surface area contributed by atoms with Crippen molar-refractivity contribution in [2.24, 2.45) is 5.73 Å². The number of hydrogen-bond acceptors (Lipinski definition) is 3. The van der Waals surface area contributed by atoms with Crippen molar-refractivity contribution < 1.29 is 9.53 Å². The summed E-state index contributed by atoms with van der Waals surface area (Å²) in [5.41, 5.74) is 7.41. The number of nitrogens with two attached hydrogens (primary N) is 1. The van der Waals surface area contributed by atoms with Crippen LogP contribution in [0, 0.1) is 0 Å². The molecule has 5 heteroatoms. The van der Waals surface area contributed by atoms with E-state index in [1.165, 1.54) is 0 Å². The molecule has 0 radical (unpaired) electrons. The van der Waals surface area contributed by atoms with E-state index in [4.69, 9.17) is 10.5 Å². The van der Waals surface area contributed by atoms with Crippen LogP contribution >= 0.6 is 0 Å². The molecule has 1 aliphatic rings. The Morgan fingerprint density at radius 2 is 2.10 bits per heavy atom. The number of ether oxygens (including phenoxy) is 1. The van der Waals surface area contributed by atoms with Gasteiger partial charge in [0.15, 0.2) is 0 Å². The fraction of sp³-hybridized carbons (Fsp3) is 0.533. The summed E-state index contributed by atoms with van der Waals surface area (Å²) >= 11 is 0. The Bertz CT molecular complexity index is 468. The number of carbonyl (C=O) groups excluding carboxylic acids is 1. The van der Waals surface area contributed by atoms with E-state index in [2.05, 4.69) is 10.6 Å². The second kappa shape index (κ2) is 6.24. The van der Waals surface area contributed by atoms with Gasteiger partial charge in [-0.05, 0) is 44.4 Å². The fourth-order valence-corrected chi connectivity index (χ4v) is 2.28. The zero-order valence-corrected chi connectivity index (χ0v) is 12.1. The van der Waals surface area contributed by atoms with Gasteiger partial charge in [-0.1, -0.05) is 12.1 Å². The summed E-state index contributed by atoms with van der Waals surface area (Å²) in [7, 11) is 0. The molecule has 0 aromatic heterocycles. The fourth-order valence-electron chi connectivity index (χ4n) is 2.28. The van der Waals surface area contributed by atoms with Crippen molar-refractivity contribution in [3.05, 3.63) is 29.8 Å². The van der Waals surface area contributed by atoms with Gasteiger partial charge in [0.25, 0.3) is 0 Å². The summed E-state index contributed by atoms with van der Waals surface area (Å²) in [6.07, 6.45) is 1.67. The van der Waals surface area contributed by atoms with Gasteiger partial charge >= 0.3 is 6.03 Å². The highest BCUT2D eigenvalue weighted by atomic mass is 16.5. The van der Waals surface area contributed by atoms with Gasteiger partial charge in [0.1, 0.15) is 0 Å². The average molecular weight is 277 g/mol. The van der Waals surface area contributed by atoms with Gasteiger partial charge < -0.3 is 21.1 Å². The lowest BCUT2D eigenvalue weighted by molar-refractivity contribution is 0.0500. The van der Waals surface area contributed by atoms with Crippen LogP contribution in [0.5, 0.6) is 0 Å². The van der Waals surface area contributed by atoms with Gasteiger partial charge in [-0.15, -0.1) is 0 Å². The van der Waals surface area contributed by atoms with E-state index in [1.807, 2.05) is 38.1 Å². The average Bonchev–Trinajstić information content (AvgIpc) is 2.39. The smallest absolute Gasteiger partial charge is 0.319 e. The zero-order valence-electron chi connectivity index (χ0n) is 12.1. The van der Waals surface area contributed by atoms with Crippen LogP contribution in [0.3, 0.4) is 0 Å². The lowest BCUT2D eigenvalue weighted by Crippen LogP contribution is -2.51. The number of carbonyl (C=O) groups is 1. The highest BCUT2D eigenvalue weighted by Gasteiger charge is 2.28. The molecule has 2 rings (SSSR count). The molecule has 1 fully saturated rings. The molecule has 20 heavy (non-hydrogen) atoms. The van der Waals surface area contributed by atoms with E-state index in [0.717, 1.165) is 24.1 Å². The maximum absolute atomic E-state index is 12.1. The lowest BCUT2D eigenvalue weighted by Gasteiger charge is -2.34. The van der Waals surface area contributed by atoms with Crippen molar-refractivity contribution >= 4 is 11.7 Å². The normalized spacial score (nSPS) is 19.1. The van der Waals surface area contributed by atoms with Gasteiger partial charge in [0.2, 0.25) is 0 Å². The van der Waals surface area contributed by atoms with E-state index in [-0.39, 0.29) is 17.6 Å². The van der Waals surface area contributed by atoms with E-state index in [0.29, 0.717) is 13.2 Å². The Balaban J connectivity index is 1.95. The zero-order chi connectivity index (χ0) is 14.6. The third-order valence-corrected chi connectivity index (χ3v) is 3.68. The summed E-state index contributed by atoms with van der Waals surface area (Å²) in [5.74, 6) is 0. The molecule has 0 aliphatic carbocycles. The first kappa shape index (κ1) is 14.8. The molecular weight excluding hydrogens is 254 g/mol. The molecule has 0 spiro atoms. The third kappa shape index (κ3) is 3.95. The second-order valence-corrected chi connectivity index (χ2v) is 5.67. The van der Waals surface area contributed by atoms with Crippen LogP contribution in [0.2, 0.25) is 0 Å². The van der Waals surface area contributed by atoms with E-state index >= 15 is 0 Å². The van der Waals surface area contributed by atoms with Crippen LogP contribution in [0.4, 0.5) is 10.5 Å². The second-order valence-electron chi connectivity index (χ2n) is 5.67. The van der Waals surface area contributed by atoms with Crippen molar-refractivity contribution in [2.75, 3.05) is 18.5 Å². The highest BCUT2D eigenvalue weighted by molar-refractivity contribution is 5.89. The molecular formula is C15H23N3O2. The summed E-state index contributed by atoms with van der Waals surface area (Å²) in [6.45, 7) is 5.35. The summed E-state index contributed by atoms with van der Waals surface area (Å²) in [4.78, 5) is 12.1. The minimum Gasteiger partial charge on any atom is -0.381 e. The van der Waals surface area contributed by atoms with Gasteiger partial charge in [-0.3, -0.25) is 0 Å². The number of rotatable bonds is 3.